The Morgan fingerprint density at radius 2 is 1.80 bits per heavy atom. The Morgan fingerprint density at radius 3 is 2.33 bits per heavy atom. The largest absolute Gasteiger partial charge is 0.324 e. The third kappa shape index (κ3) is 5.41. The minimum atomic E-state index is 0. The van der Waals surface area contributed by atoms with Gasteiger partial charge in [-0.15, -0.1) is 12.4 Å². The van der Waals surface area contributed by atoms with Crippen LogP contribution < -0.4 is 5.73 Å². The summed E-state index contributed by atoms with van der Waals surface area (Å²) in [5.41, 5.74) is 7.23. The maximum atomic E-state index is 6.04. The first-order valence-corrected chi connectivity index (χ1v) is 5.63. The fraction of sp³-hybridized carbons (Fsp3) is 0.500. The molecule has 0 amide bonds. The van der Waals surface area contributed by atoms with Crippen LogP contribution >= 0.6 is 24.0 Å². The fourth-order valence-corrected chi connectivity index (χ4v) is 1.62. The molecule has 0 bridgehead atoms. The van der Waals surface area contributed by atoms with E-state index in [1.165, 1.54) is 24.8 Å². The first-order chi connectivity index (χ1) is 6.74. The quantitative estimate of drug-likeness (QED) is 0.770. The van der Waals surface area contributed by atoms with Crippen molar-refractivity contribution in [1.29, 1.82) is 0 Å². The van der Waals surface area contributed by atoms with E-state index in [0.29, 0.717) is 0 Å². The molecule has 0 aliphatic heterocycles. The van der Waals surface area contributed by atoms with Gasteiger partial charge in [-0.2, -0.15) is 0 Å². The van der Waals surface area contributed by atoms with E-state index < -0.39 is 0 Å². The summed E-state index contributed by atoms with van der Waals surface area (Å²) in [6, 6.07) is 7.99. The van der Waals surface area contributed by atoms with Gasteiger partial charge in [-0.05, 0) is 24.1 Å². The second kappa shape index (κ2) is 7.98. The Hall–Kier alpha value is -0.240. The number of rotatable bonds is 5. The second-order valence-electron chi connectivity index (χ2n) is 3.65. The topological polar surface area (TPSA) is 26.0 Å². The number of hydrogen-bond donors (Lipinski definition) is 1. The summed E-state index contributed by atoms with van der Waals surface area (Å²) in [7, 11) is 0. The van der Waals surface area contributed by atoms with Crippen molar-refractivity contribution in [2.45, 2.75) is 38.6 Å². The molecule has 1 aromatic rings. The maximum Gasteiger partial charge on any atom is 0.0406 e. The predicted octanol–water partition coefficient (Wildman–Crippen LogP) is 4.34. The van der Waals surface area contributed by atoms with Crippen LogP contribution in [0.3, 0.4) is 0 Å². The number of benzene rings is 1. The third-order valence-corrected chi connectivity index (χ3v) is 2.67. The number of halogens is 2. The van der Waals surface area contributed by atoms with Gasteiger partial charge in [0.2, 0.25) is 0 Å². The van der Waals surface area contributed by atoms with Crippen LogP contribution in [0.4, 0.5) is 0 Å². The maximum absolute atomic E-state index is 6.04. The van der Waals surface area contributed by atoms with Gasteiger partial charge in [-0.3, -0.25) is 0 Å². The molecule has 0 fully saturated rings. The molecule has 3 heteroatoms. The van der Waals surface area contributed by atoms with Crippen LogP contribution in [0, 0.1) is 0 Å². The van der Waals surface area contributed by atoms with Crippen molar-refractivity contribution < 1.29 is 0 Å². The average Bonchev–Trinajstić information content (AvgIpc) is 2.19. The summed E-state index contributed by atoms with van der Waals surface area (Å²) in [6.45, 7) is 2.20. The monoisotopic (exact) mass is 247 g/mol. The molecule has 2 N–H and O–H groups in total. The van der Waals surface area contributed by atoms with Crippen molar-refractivity contribution in [2.24, 2.45) is 5.73 Å². The van der Waals surface area contributed by atoms with Crippen molar-refractivity contribution >= 4 is 24.0 Å². The Morgan fingerprint density at radius 1 is 1.20 bits per heavy atom. The number of nitrogens with two attached hydrogens (primary N) is 1. The molecule has 0 spiro atoms. The molecule has 0 aliphatic rings. The highest BCUT2D eigenvalue weighted by atomic mass is 35.5. The molecule has 0 aliphatic carbocycles. The highest BCUT2D eigenvalue weighted by Crippen LogP contribution is 2.19. The van der Waals surface area contributed by atoms with Gasteiger partial charge in [0.25, 0.3) is 0 Å². The van der Waals surface area contributed by atoms with Gasteiger partial charge in [-0.25, -0.2) is 0 Å². The Kier molecular flexibility index (Phi) is 7.85. The van der Waals surface area contributed by atoms with E-state index in [0.717, 1.165) is 11.4 Å². The molecule has 1 atom stereocenters. The normalized spacial score (nSPS) is 11.9. The smallest absolute Gasteiger partial charge is 0.0406 e. The average molecular weight is 248 g/mol. The van der Waals surface area contributed by atoms with E-state index in [1.807, 2.05) is 24.3 Å². The zero-order valence-electron chi connectivity index (χ0n) is 9.08. The molecule has 1 rings (SSSR count). The lowest BCUT2D eigenvalue weighted by atomic mass is 10.0. The molecule has 0 aromatic heterocycles. The summed E-state index contributed by atoms with van der Waals surface area (Å²) in [5.74, 6) is 0. The molecule has 1 aromatic carbocycles. The third-order valence-electron chi connectivity index (χ3n) is 2.42. The molecule has 0 saturated heterocycles. The summed E-state index contributed by atoms with van der Waals surface area (Å²) in [4.78, 5) is 0. The van der Waals surface area contributed by atoms with Crippen LogP contribution in [0.15, 0.2) is 24.3 Å². The van der Waals surface area contributed by atoms with Crippen molar-refractivity contribution in [3.63, 3.8) is 0 Å². The van der Waals surface area contributed by atoms with E-state index in [-0.39, 0.29) is 18.4 Å². The van der Waals surface area contributed by atoms with E-state index in [1.54, 1.807) is 0 Å². The zero-order chi connectivity index (χ0) is 10.4. The fourth-order valence-electron chi connectivity index (χ4n) is 1.49. The summed E-state index contributed by atoms with van der Waals surface area (Å²) in [5, 5.41) is 0.773. The van der Waals surface area contributed by atoms with Crippen molar-refractivity contribution in [2.75, 3.05) is 0 Å². The van der Waals surface area contributed by atoms with E-state index >= 15 is 0 Å². The summed E-state index contributed by atoms with van der Waals surface area (Å²) < 4.78 is 0. The van der Waals surface area contributed by atoms with Crippen LogP contribution in [0.1, 0.15) is 44.2 Å². The van der Waals surface area contributed by atoms with Crippen LogP contribution in [-0.4, -0.2) is 0 Å². The molecule has 15 heavy (non-hydrogen) atoms. The lowest BCUT2D eigenvalue weighted by molar-refractivity contribution is 0.581. The van der Waals surface area contributed by atoms with Gasteiger partial charge in [-0.1, -0.05) is 49.9 Å². The van der Waals surface area contributed by atoms with Gasteiger partial charge in [0.15, 0.2) is 0 Å². The van der Waals surface area contributed by atoms with E-state index in [2.05, 4.69) is 6.92 Å². The lowest BCUT2D eigenvalue weighted by Gasteiger charge is -2.11. The van der Waals surface area contributed by atoms with Crippen LogP contribution in [0.2, 0.25) is 5.02 Å². The molecular weight excluding hydrogens is 229 g/mol. The SMILES string of the molecule is CCCCC[C@@H](N)c1ccc(Cl)cc1.Cl. The van der Waals surface area contributed by atoms with Gasteiger partial charge in [0.05, 0.1) is 0 Å². The summed E-state index contributed by atoms with van der Waals surface area (Å²) >= 11 is 5.80. The van der Waals surface area contributed by atoms with Gasteiger partial charge in [0.1, 0.15) is 0 Å². The lowest BCUT2D eigenvalue weighted by Crippen LogP contribution is -2.09. The van der Waals surface area contributed by atoms with Gasteiger partial charge < -0.3 is 5.73 Å². The van der Waals surface area contributed by atoms with Crippen LogP contribution in [-0.2, 0) is 0 Å². The highest BCUT2D eigenvalue weighted by molar-refractivity contribution is 6.30. The summed E-state index contributed by atoms with van der Waals surface area (Å²) in [6.07, 6.45) is 4.78. The van der Waals surface area contributed by atoms with Crippen molar-refractivity contribution in [3.05, 3.63) is 34.9 Å². The van der Waals surface area contributed by atoms with Crippen LogP contribution in [0.25, 0.3) is 0 Å². The highest BCUT2D eigenvalue weighted by Gasteiger charge is 2.04. The Balaban J connectivity index is 0.00000196. The first-order valence-electron chi connectivity index (χ1n) is 5.25. The molecular formula is C12H19Cl2N. The molecule has 0 unspecified atom stereocenters. The predicted molar refractivity (Wildman–Crippen MR) is 69.8 cm³/mol. The van der Waals surface area contributed by atoms with Gasteiger partial charge in [0, 0.05) is 11.1 Å². The van der Waals surface area contributed by atoms with Gasteiger partial charge >= 0.3 is 0 Å². The van der Waals surface area contributed by atoms with Crippen molar-refractivity contribution in [3.8, 4) is 0 Å². The minimum Gasteiger partial charge on any atom is -0.324 e. The molecule has 86 valence electrons. The Bertz CT molecular complexity index is 259. The Labute approximate surface area is 103 Å². The second-order valence-corrected chi connectivity index (χ2v) is 4.09. The molecule has 0 heterocycles. The molecule has 0 saturated carbocycles. The first kappa shape index (κ1) is 14.8. The molecule has 0 radical (unpaired) electrons. The van der Waals surface area contributed by atoms with E-state index in [4.69, 9.17) is 17.3 Å². The minimum absolute atomic E-state index is 0. The van der Waals surface area contributed by atoms with Crippen LogP contribution in [0.5, 0.6) is 0 Å². The van der Waals surface area contributed by atoms with Crippen molar-refractivity contribution in [1.82, 2.24) is 0 Å². The number of unbranched alkanes of at least 4 members (excludes halogenated alkanes) is 2. The number of hydrogen-bond acceptors (Lipinski definition) is 1. The zero-order valence-corrected chi connectivity index (χ0v) is 10.7. The standard InChI is InChI=1S/C12H18ClN.ClH/c1-2-3-4-5-12(14)10-6-8-11(13)9-7-10;/h6-9,12H,2-5,14H2,1H3;1H/t12-;/m1./s1. The molecule has 1 nitrogen and oxygen atoms in total. The van der Waals surface area contributed by atoms with E-state index in [9.17, 15) is 0 Å².